The van der Waals surface area contributed by atoms with Gasteiger partial charge in [-0.3, -0.25) is 9.59 Å². The van der Waals surface area contributed by atoms with Gasteiger partial charge in [0, 0.05) is 24.4 Å². The van der Waals surface area contributed by atoms with E-state index in [9.17, 15) is 9.59 Å². The first-order valence-corrected chi connectivity index (χ1v) is 7.74. The number of hydrogen-bond donors (Lipinski definition) is 1. The smallest absolute Gasteiger partial charge is 0.254 e. The van der Waals surface area contributed by atoms with E-state index in [4.69, 9.17) is 0 Å². The minimum atomic E-state index is -0.0788. The third kappa shape index (κ3) is 3.73. The summed E-state index contributed by atoms with van der Waals surface area (Å²) in [7, 11) is 0. The van der Waals surface area contributed by atoms with Crippen LogP contribution in [0.4, 0.5) is 0 Å². The normalized spacial score (nSPS) is 15.8. The summed E-state index contributed by atoms with van der Waals surface area (Å²) < 4.78 is 0. The molecular weight excluding hydrogens is 260 g/mol. The number of thioether (sulfide) groups is 1. The fourth-order valence-corrected chi connectivity index (χ4v) is 2.60. The lowest BCUT2D eigenvalue weighted by atomic mass is 10.1. The molecule has 1 aliphatic heterocycles. The molecule has 0 unspecified atom stereocenters. The highest BCUT2D eigenvalue weighted by atomic mass is 32.2. The average Bonchev–Trinajstić information content (AvgIpc) is 2.64. The van der Waals surface area contributed by atoms with E-state index >= 15 is 0 Å². The van der Waals surface area contributed by atoms with Gasteiger partial charge >= 0.3 is 0 Å². The summed E-state index contributed by atoms with van der Waals surface area (Å²) >= 11 is 1.75. The monoisotopic (exact) mass is 278 g/mol. The molecule has 2 rings (SSSR count). The minimum absolute atomic E-state index is 0.0623. The fraction of sp³-hybridized carbons (Fsp3) is 0.429. The largest absolute Gasteiger partial charge is 0.354 e. The molecule has 1 aromatic rings. The predicted octanol–water partition coefficient (Wildman–Crippen LogP) is 1.51. The molecule has 4 nitrogen and oxygen atoms in total. The summed E-state index contributed by atoms with van der Waals surface area (Å²) in [5.41, 5.74) is 1.86. The first kappa shape index (κ1) is 13.9. The molecule has 0 spiro atoms. The Morgan fingerprint density at radius 1 is 1.37 bits per heavy atom. The zero-order valence-corrected chi connectivity index (χ0v) is 11.8. The minimum Gasteiger partial charge on any atom is -0.354 e. The summed E-state index contributed by atoms with van der Waals surface area (Å²) in [5.74, 6) is 0.804. The quantitative estimate of drug-likeness (QED) is 0.912. The van der Waals surface area contributed by atoms with Gasteiger partial charge in [0.05, 0.1) is 6.54 Å². The lowest BCUT2D eigenvalue weighted by Gasteiger charge is -2.19. The van der Waals surface area contributed by atoms with Crippen molar-refractivity contribution in [3.05, 3.63) is 35.4 Å². The first-order chi connectivity index (χ1) is 9.20. The van der Waals surface area contributed by atoms with E-state index in [1.54, 1.807) is 16.7 Å². The van der Waals surface area contributed by atoms with Gasteiger partial charge < -0.3 is 10.2 Å². The van der Waals surface area contributed by atoms with Crippen LogP contribution in [-0.4, -0.2) is 42.6 Å². The highest BCUT2D eigenvalue weighted by Gasteiger charge is 2.20. The van der Waals surface area contributed by atoms with Crippen molar-refractivity contribution in [2.24, 2.45) is 0 Å². The van der Waals surface area contributed by atoms with Gasteiger partial charge in [0.2, 0.25) is 5.91 Å². The maximum atomic E-state index is 12.3. The van der Waals surface area contributed by atoms with Crippen LogP contribution in [0.1, 0.15) is 22.3 Å². The van der Waals surface area contributed by atoms with Crippen molar-refractivity contribution < 1.29 is 9.59 Å². The van der Waals surface area contributed by atoms with Gasteiger partial charge in [-0.25, -0.2) is 0 Å². The van der Waals surface area contributed by atoms with Crippen LogP contribution in [0.2, 0.25) is 0 Å². The van der Waals surface area contributed by atoms with Crippen LogP contribution in [0, 0.1) is 0 Å². The van der Waals surface area contributed by atoms with E-state index in [-0.39, 0.29) is 18.4 Å². The summed E-state index contributed by atoms with van der Waals surface area (Å²) in [6.45, 7) is 1.44. The van der Waals surface area contributed by atoms with Gasteiger partial charge in [-0.05, 0) is 30.4 Å². The standard InChI is InChI=1S/C14H18N2O2S/c1-19-10-11-3-5-12(6-4-11)14(18)16-8-2-7-15-13(17)9-16/h3-6H,2,7-10H2,1H3,(H,15,17). The SMILES string of the molecule is CSCc1ccc(C(=O)N2CCCNC(=O)C2)cc1. The lowest BCUT2D eigenvalue weighted by molar-refractivity contribution is -0.121. The molecule has 0 saturated carbocycles. The van der Waals surface area contributed by atoms with Crippen LogP contribution in [0.15, 0.2) is 24.3 Å². The Morgan fingerprint density at radius 2 is 2.11 bits per heavy atom. The third-order valence-electron chi connectivity index (χ3n) is 3.06. The molecule has 0 atom stereocenters. The molecule has 2 amide bonds. The topological polar surface area (TPSA) is 49.4 Å². The highest BCUT2D eigenvalue weighted by Crippen LogP contribution is 2.12. The van der Waals surface area contributed by atoms with Crippen LogP contribution in [-0.2, 0) is 10.5 Å². The third-order valence-corrected chi connectivity index (χ3v) is 3.68. The van der Waals surface area contributed by atoms with Gasteiger partial charge in [0.25, 0.3) is 5.91 Å². The van der Waals surface area contributed by atoms with Gasteiger partial charge in [-0.2, -0.15) is 11.8 Å². The van der Waals surface area contributed by atoms with Crippen LogP contribution >= 0.6 is 11.8 Å². The van der Waals surface area contributed by atoms with Gasteiger partial charge in [-0.15, -0.1) is 0 Å². The number of carbonyl (C=O) groups excluding carboxylic acids is 2. The van der Waals surface area contributed by atoms with Gasteiger partial charge in [0.15, 0.2) is 0 Å². The number of benzene rings is 1. The van der Waals surface area contributed by atoms with Crippen LogP contribution in [0.5, 0.6) is 0 Å². The molecule has 19 heavy (non-hydrogen) atoms. The molecule has 1 aromatic carbocycles. The number of rotatable bonds is 3. The van der Waals surface area contributed by atoms with Crippen molar-refractivity contribution in [2.45, 2.75) is 12.2 Å². The fourth-order valence-electron chi connectivity index (χ4n) is 2.07. The molecule has 0 aliphatic carbocycles. The molecular formula is C14H18N2O2S. The van der Waals surface area contributed by atoms with E-state index in [0.717, 1.165) is 12.2 Å². The lowest BCUT2D eigenvalue weighted by Crippen LogP contribution is -2.37. The Morgan fingerprint density at radius 3 is 2.79 bits per heavy atom. The summed E-state index contributed by atoms with van der Waals surface area (Å²) in [5, 5.41) is 2.77. The van der Waals surface area contributed by atoms with Crippen molar-refractivity contribution >= 4 is 23.6 Å². The Balaban J connectivity index is 2.07. The van der Waals surface area contributed by atoms with Crippen LogP contribution in [0.25, 0.3) is 0 Å². The predicted molar refractivity (Wildman–Crippen MR) is 77.2 cm³/mol. The zero-order chi connectivity index (χ0) is 13.7. The summed E-state index contributed by atoms with van der Waals surface area (Å²) in [6, 6.07) is 7.64. The van der Waals surface area contributed by atoms with E-state index in [1.165, 1.54) is 5.56 Å². The number of amides is 2. The van der Waals surface area contributed by atoms with E-state index in [2.05, 4.69) is 11.6 Å². The van der Waals surface area contributed by atoms with E-state index in [1.807, 2.05) is 24.3 Å². The molecule has 0 aromatic heterocycles. The Hall–Kier alpha value is -1.49. The number of carbonyl (C=O) groups is 2. The zero-order valence-electron chi connectivity index (χ0n) is 11.0. The first-order valence-electron chi connectivity index (χ1n) is 6.34. The number of hydrogen-bond acceptors (Lipinski definition) is 3. The second-order valence-corrected chi connectivity index (χ2v) is 5.43. The molecule has 1 saturated heterocycles. The van der Waals surface area contributed by atoms with Crippen molar-refractivity contribution in [1.29, 1.82) is 0 Å². The van der Waals surface area contributed by atoms with Crippen molar-refractivity contribution in [1.82, 2.24) is 10.2 Å². The number of nitrogens with one attached hydrogen (secondary N) is 1. The Labute approximate surface area is 117 Å². The second-order valence-electron chi connectivity index (χ2n) is 4.56. The van der Waals surface area contributed by atoms with Gasteiger partial charge in [-0.1, -0.05) is 12.1 Å². The van der Waals surface area contributed by atoms with Crippen LogP contribution < -0.4 is 5.32 Å². The number of nitrogens with zero attached hydrogens (tertiary/aromatic N) is 1. The van der Waals surface area contributed by atoms with Crippen molar-refractivity contribution in [3.63, 3.8) is 0 Å². The molecule has 0 radical (unpaired) electrons. The Bertz CT molecular complexity index is 459. The molecule has 1 aliphatic rings. The van der Waals surface area contributed by atoms with E-state index < -0.39 is 0 Å². The van der Waals surface area contributed by atoms with Crippen molar-refractivity contribution in [3.8, 4) is 0 Å². The molecule has 102 valence electrons. The maximum absolute atomic E-state index is 12.3. The van der Waals surface area contributed by atoms with Gasteiger partial charge in [0.1, 0.15) is 0 Å². The highest BCUT2D eigenvalue weighted by molar-refractivity contribution is 7.97. The molecule has 0 bridgehead atoms. The maximum Gasteiger partial charge on any atom is 0.254 e. The second kappa shape index (κ2) is 6.61. The molecule has 1 heterocycles. The van der Waals surface area contributed by atoms with E-state index in [0.29, 0.717) is 18.7 Å². The van der Waals surface area contributed by atoms with Crippen molar-refractivity contribution in [2.75, 3.05) is 25.9 Å². The Kier molecular flexibility index (Phi) is 4.85. The summed E-state index contributed by atoms with van der Waals surface area (Å²) in [6.07, 6.45) is 2.86. The molecule has 1 fully saturated rings. The summed E-state index contributed by atoms with van der Waals surface area (Å²) in [4.78, 5) is 25.4. The molecule has 5 heteroatoms. The molecule has 1 N–H and O–H groups in total. The average molecular weight is 278 g/mol. The van der Waals surface area contributed by atoms with Crippen LogP contribution in [0.3, 0.4) is 0 Å².